The zero-order chi connectivity index (χ0) is 13.0. The van der Waals surface area contributed by atoms with Crippen molar-refractivity contribution in [3.63, 3.8) is 0 Å². The summed E-state index contributed by atoms with van der Waals surface area (Å²) in [6, 6.07) is 10.2. The second-order valence-corrected chi connectivity index (χ2v) is 5.94. The molecule has 0 amide bonds. The Balaban J connectivity index is 2.14. The standard InChI is InChI=1S/C14H18N2OS/c1-11-10-14(15-8-5-9-18(2)17)12-6-3-4-7-13(12)16-11/h3-4,6-7,10H,5,8-9H2,1-2H3,(H,15,16). The third kappa shape index (κ3) is 3.29. The average Bonchev–Trinajstić information content (AvgIpc) is 2.34. The van der Waals surface area contributed by atoms with Crippen LogP contribution in [-0.2, 0) is 10.8 Å². The van der Waals surface area contributed by atoms with E-state index < -0.39 is 10.8 Å². The van der Waals surface area contributed by atoms with Gasteiger partial charge in [0.25, 0.3) is 0 Å². The summed E-state index contributed by atoms with van der Waals surface area (Å²) in [5, 5.41) is 4.55. The maximum absolute atomic E-state index is 11.0. The Morgan fingerprint density at radius 3 is 2.89 bits per heavy atom. The van der Waals surface area contributed by atoms with E-state index in [1.807, 2.05) is 25.1 Å². The number of nitrogens with zero attached hydrogens (tertiary/aromatic N) is 1. The molecule has 4 heteroatoms. The van der Waals surface area contributed by atoms with Crippen molar-refractivity contribution in [2.75, 3.05) is 23.9 Å². The Hall–Kier alpha value is -1.42. The van der Waals surface area contributed by atoms with Gasteiger partial charge >= 0.3 is 0 Å². The second kappa shape index (κ2) is 5.96. The van der Waals surface area contributed by atoms with Gasteiger partial charge in [-0.1, -0.05) is 18.2 Å². The fourth-order valence-corrected chi connectivity index (χ4v) is 2.50. The van der Waals surface area contributed by atoms with E-state index in [9.17, 15) is 4.21 Å². The number of rotatable bonds is 5. The van der Waals surface area contributed by atoms with Crippen LogP contribution in [0.25, 0.3) is 10.9 Å². The molecule has 0 aliphatic heterocycles. The number of nitrogens with one attached hydrogen (secondary N) is 1. The summed E-state index contributed by atoms with van der Waals surface area (Å²) in [7, 11) is -0.707. The molecule has 0 aliphatic carbocycles. The van der Waals surface area contributed by atoms with Crippen molar-refractivity contribution in [3.05, 3.63) is 36.0 Å². The summed E-state index contributed by atoms with van der Waals surface area (Å²) in [4.78, 5) is 4.50. The number of pyridine rings is 1. The molecular formula is C14H18N2OS. The van der Waals surface area contributed by atoms with E-state index in [1.165, 1.54) is 0 Å². The lowest BCUT2D eigenvalue weighted by Gasteiger charge is -2.10. The number of aromatic nitrogens is 1. The third-order valence-corrected chi connectivity index (χ3v) is 3.63. The van der Waals surface area contributed by atoms with Crippen LogP contribution in [0.4, 0.5) is 5.69 Å². The number of fused-ring (bicyclic) bond motifs is 1. The Labute approximate surface area is 110 Å². The van der Waals surface area contributed by atoms with Gasteiger partial charge in [0.1, 0.15) is 0 Å². The normalized spacial score (nSPS) is 12.6. The molecule has 18 heavy (non-hydrogen) atoms. The monoisotopic (exact) mass is 262 g/mol. The number of hydrogen-bond donors (Lipinski definition) is 1. The first-order chi connectivity index (χ1) is 8.66. The van der Waals surface area contributed by atoms with Crippen molar-refractivity contribution in [1.82, 2.24) is 4.98 Å². The van der Waals surface area contributed by atoms with Gasteiger partial charge in [-0.15, -0.1) is 0 Å². The molecule has 0 saturated heterocycles. The van der Waals surface area contributed by atoms with Gasteiger partial charge in [-0.05, 0) is 25.5 Å². The number of benzene rings is 1. The first-order valence-electron chi connectivity index (χ1n) is 6.07. The Morgan fingerprint density at radius 2 is 2.11 bits per heavy atom. The van der Waals surface area contributed by atoms with Crippen molar-refractivity contribution >= 4 is 27.4 Å². The van der Waals surface area contributed by atoms with Crippen molar-refractivity contribution < 1.29 is 4.21 Å². The molecule has 0 spiro atoms. The maximum Gasteiger partial charge on any atom is 0.0725 e. The van der Waals surface area contributed by atoms with Gasteiger partial charge in [0, 0.05) is 46.1 Å². The number of aryl methyl sites for hydroxylation is 1. The first-order valence-corrected chi connectivity index (χ1v) is 7.80. The second-order valence-electron chi connectivity index (χ2n) is 4.39. The molecule has 3 nitrogen and oxygen atoms in total. The Kier molecular flexibility index (Phi) is 4.31. The lowest BCUT2D eigenvalue weighted by Crippen LogP contribution is -2.07. The summed E-state index contributed by atoms with van der Waals surface area (Å²) in [6.45, 7) is 2.84. The highest BCUT2D eigenvalue weighted by molar-refractivity contribution is 7.84. The van der Waals surface area contributed by atoms with Crippen LogP contribution in [0.1, 0.15) is 12.1 Å². The molecule has 0 saturated carbocycles. The first kappa shape index (κ1) is 13.0. The molecule has 2 aromatic rings. The molecular weight excluding hydrogens is 244 g/mol. The summed E-state index contributed by atoms with van der Waals surface area (Å²) < 4.78 is 11.0. The predicted octanol–water partition coefficient (Wildman–Crippen LogP) is 2.72. The molecule has 1 unspecified atom stereocenters. The minimum Gasteiger partial charge on any atom is -0.384 e. The van der Waals surface area contributed by atoms with Crippen LogP contribution in [0.2, 0.25) is 0 Å². The van der Waals surface area contributed by atoms with E-state index in [0.717, 1.165) is 41.0 Å². The van der Waals surface area contributed by atoms with Gasteiger partial charge in [0.05, 0.1) is 5.52 Å². The third-order valence-electron chi connectivity index (χ3n) is 2.77. The van der Waals surface area contributed by atoms with Gasteiger partial charge in [-0.3, -0.25) is 9.19 Å². The zero-order valence-electron chi connectivity index (χ0n) is 10.8. The van der Waals surface area contributed by atoms with E-state index >= 15 is 0 Å². The highest BCUT2D eigenvalue weighted by Gasteiger charge is 2.02. The van der Waals surface area contributed by atoms with Gasteiger partial charge < -0.3 is 5.32 Å². The van der Waals surface area contributed by atoms with Crippen molar-refractivity contribution in [1.29, 1.82) is 0 Å². The molecule has 0 aliphatic rings. The fourth-order valence-electron chi connectivity index (χ4n) is 1.95. The van der Waals surface area contributed by atoms with E-state index in [0.29, 0.717) is 0 Å². The SMILES string of the molecule is Cc1cc(NCCCS(C)=O)c2ccccc2n1. The molecule has 96 valence electrons. The van der Waals surface area contributed by atoms with Gasteiger partial charge in [-0.25, -0.2) is 0 Å². The highest BCUT2D eigenvalue weighted by Crippen LogP contribution is 2.22. The molecule has 0 fully saturated rings. The lowest BCUT2D eigenvalue weighted by atomic mass is 10.1. The number of hydrogen-bond acceptors (Lipinski definition) is 3. The fraction of sp³-hybridized carbons (Fsp3) is 0.357. The van der Waals surface area contributed by atoms with Crippen LogP contribution in [0.15, 0.2) is 30.3 Å². The molecule has 1 N–H and O–H groups in total. The van der Waals surface area contributed by atoms with E-state index in [-0.39, 0.29) is 0 Å². The van der Waals surface area contributed by atoms with Crippen LogP contribution < -0.4 is 5.32 Å². The maximum atomic E-state index is 11.0. The molecule has 1 atom stereocenters. The molecule has 0 radical (unpaired) electrons. The van der Waals surface area contributed by atoms with Crippen molar-refractivity contribution in [3.8, 4) is 0 Å². The van der Waals surface area contributed by atoms with Gasteiger partial charge in [-0.2, -0.15) is 0 Å². The topological polar surface area (TPSA) is 42.0 Å². The molecule has 2 rings (SSSR count). The minimum absolute atomic E-state index is 0.707. The van der Waals surface area contributed by atoms with Crippen LogP contribution in [0.5, 0.6) is 0 Å². The van der Waals surface area contributed by atoms with Crippen LogP contribution >= 0.6 is 0 Å². The van der Waals surface area contributed by atoms with Crippen LogP contribution in [0, 0.1) is 6.92 Å². The van der Waals surface area contributed by atoms with E-state index in [2.05, 4.69) is 22.4 Å². The van der Waals surface area contributed by atoms with Crippen LogP contribution in [-0.4, -0.2) is 27.7 Å². The number of para-hydroxylation sites is 1. The Bertz CT molecular complexity index is 569. The summed E-state index contributed by atoms with van der Waals surface area (Å²) in [5.74, 6) is 0.745. The minimum atomic E-state index is -0.707. The summed E-state index contributed by atoms with van der Waals surface area (Å²) >= 11 is 0. The molecule has 1 aromatic carbocycles. The van der Waals surface area contributed by atoms with Crippen molar-refractivity contribution in [2.24, 2.45) is 0 Å². The van der Waals surface area contributed by atoms with Gasteiger partial charge in [0.15, 0.2) is 0 Å². The smallest absolute Gasteiger partial charge is 0.0725 e. The highest BCUT2D eigenvalue weighted by atomic mass is 32.2. The number of anilines is 1. The van der Waals surface area contributed by atoms with E-state index in [4.69, 9.17) is 0 Å². The predicted molar refractivity (Wildman–Crippen MR) is 78.5 cm³/mol. The summed E-state index contributed by atoms with van der Waals surface area (Å²) in [6.07, 6.45) is 2.66. The molecule has 0 bridgehead atoms. The lowest BCUT2D eigenvalue weighted by molar-refractivity contribution is 0.685. The van der Waals surface area contributed by atoms with E-state index in [1.54, 1.807) is 6.26 Å². The largest absolute Gasteiger partial charge is 0.384 e. The molecule has 1 aromatic heterocycles. The van der Waals surface area contributed by atoms with Crippen LogP contribution in [0.3, 0.4) is 0 Å². The van der Waals surface area contributed by atoms with Crippen molar-refractivity contribution in [2.45, 2.75) is 13.3 Å². The van der Waals surface area contributed by atoms with Gasteiger partial charge in [0.2, 0.25) is 0 Å². The Morgan fingerprint density at radius 1 is 1.33 bits per heavy atom. The molecule has 1 heterocycles. The quantitative estimate of drug-likeness (QED) is 0.842. The summed E-state index contributed by atoms with van der Waals surface area (Å²) in [5.41, 5.74) is 3.13. The average molecular weight is 262 g/mol. The zero-order valence-corrected chi connectivity index (χ0v) is 11.6.